The van der Waals surface area contributed by atoms with Crippen molar-refractivity contribution in [2.24, 2.45) is 11.7 Å². The van der Waals surface area contributed by atoms with Crippen LogP contribution in [0, 0.1) is 5.92 Å². The summed E-state index contributed by atoms with van der Waals surface area (Å²) in [4.78, 5) is 23.4. The molecule has 0 spiro atoms. The van der Waals surface area contributed by atoms with E-state index in [0.29, 0.717) is 18.9 Å². The van der Waals surface area contributed by atoms with E-state index < -0.39 is 6.04 Å². The Morgan fingerprint density at radius 3 is 2.33 bits per heavy atom. The van der Waals surface area contributed by atoms with E-state index in [1.165, 1.54) is 0 Å². The number of hydrogen-bond donors (Lipinski definition) is 3. The first-order chi connectivity index (χ1) is 8.32. The molecule has 0 aliphatic heterocycles. The van der Waals surface area contributed by atoms with Gasteiger partial charge in [0.05, 0.1) is 0 Å². The maximum absolute atomic E-state index is 11.7. The highest BCUT2D eigenvalue weighted by Gasteiger charge is 2.35. The first-order valence-corrected chi connectivity index (χ1v) is 6.68. The van der Waals surface area contributed by atoms with Crippen LogP contribution in [0.3, 0.4) is 0 Å². The van der Waals surface area contributed by atoms with Crippen LogP contribution in [0.4, 0.5) is 0 Å². The topological polar surface area (TPSA) is 84.2 Å². The van der Waals surface area contributed by atoms with Gasteiger partial charge in [0.1, 0.15) is 6.04 Å². The normalized spacial score (nSPS) is 18.9. The van der Waals surface area contributed by atoms with Crippen LogP contribution in [0.1, 0.15) is 46.5 Å². The molecule has 1 unspecified atom stereocenters. The van der Waals surface area contributed by atoms with Crippen LogP contribution in [0.2, 0.25) is 0 Å². The second kappa shape index (κ2) is 6.18. The van der Waals surface area contributed by atoms with Crippen LogP contribution in [0.5, 0.6) is 0 Å². The van der Waals surface area contributed by atoms with Gasteiger partial charge in [0.15, 0.2) is 0 Å². The summed E-state index contributed by atoms with van der Waals surface area (Å²) in [5.41, 5.74) is 5.66. The van der Waals surface area contributed by atoms with Crippen LogP contribution < -0.4 is 16.4 Å². The highest BCUT2D eigenvalue weighted by Crippen LogP contribution is 2.31. The number of amides is 2. The predicted octanol–water partition coefficient (Wildman–Crippen LogP) is 0.535. The lowest BCUT2D eigenvalue weighted by Gasteiger charge is -2.37. The van der Waals surface area contributed by atoms with Crippen LogP contribution in [-0.4, -0.2) is 29.9 Å². The summed E-state index contributed by atoms with van der Waals surface area (Å²) in [6, 6.07) is -0.500. The Morgan fingerprint density at radius 2 is 1.89 bits per heavy atom. The zero-order chi connectivity index (χ0) is 13.8. The molecule has 1 aliphatic rings. The Morgan fingerprint density at radius 1 is 1.28 bits per heavy atom. The summed E-state index contributed by atoms with van der Waals surface area (Å²) < 4.78 is 0. The lowest BCUT2D eigenvalue weighted by Crippen LogP contribution is -2.52. The summed E-state index contributed by atoms with van der Waals surface area (Å²) in [5, 5.41) is 5.49. The fraction of sp³-hybridized carbons (Fsp3) is 0.846. The molecular formula is C13H25N3O2. The quantitative estimate of drug-likeness (QED) is 0.647. The van der Waals surface area contributed by atoms with Gasteiger partial charge in [0.2, 0.25) is 11.8 Å². The van der Waals surface area contributed by atoms with Gasteiger partial charge in [-0.1, -0.05) is 13.8 Å². The molecule has 1 saturated carbocycles. The Labute approximate surface area is 109 Å². The Hall–Kier alpha value is -1.10. The van der Waals surface area contributed by atoms with Crippen molar-refractivity contribution in [3.63, 3.8) is 0 Å². The predicted molar refractivity (Wildman–Crippen MR) is 70.8 cm³/mol. The summed E-state index contributed by atoms with van der Waals surface area (Å²) in [5.74, 6) is 0.125. The van der Waals surface area contributed by atoms with Gasteiger partial charge in [-0.15, -0.1) is 0 Å². The largest absolute Gasteiger partial charge is 0.354 e. The van der Waals surface area contributed by atoms with E-state index in [0.717, 1.165) is 19.3 Å². The zero-order valence-corrected chi connectivity index (χ0v) is 11.6. The molecule has 1 fully saturated rings. The molecule has 2 amide bonds. The van der Waals surface area contributed by atoms with E-state index in [9.17, 15) is 9.59 Å². The number of hydrogen-bond acceptors (Lipinski definition) is 3. The van der Waals surface area contributed by atoms with Crippen molar-refractivity contribution in [2.75, 3.05) is 6.54 Å². The van der Waals surface area contributed by atoms with Gasteiger partial charge in [-0.25, -0.2) is 0 Å². The Kier molecular flexibility index (Phi) is 5.14. The van der Waals surface area contributed by atoms with Gasteiger partial charge in [-0.3, -0.25) is 9.59 Å². The van der Waals surface area contributed by atoms with Gasteiger partial charge in [-0.2, -0.15) is 0 Å². The monoisotopic (exact) mass is 255 g/mol. The van der Waals surface area contributed by atoms with Crippen LogP contribution >= 0.6 is 0 Å². The molecule has 0 radical (unpaired) electrons. The van der Waals surface area contributed by atoms with E-state index in [4.69, 9.17) is 5.73 Å². The summed E-state index contributed by atoms with van der Waals surface area (Å²) >= 11 is 0. The minimum Gasteiger partial charge on any atom is -0.354 e. The molecule has 0 aromatic heterocycles. The molecule has 1 atom stereocenters. The van der Waals surface area contributed by atoms with Crippen molar-refractivity contribution < 1.29 is 9.59 Å². The van der Waals surface area contributed by atoms with Gasteiger partial charge in [0, 0.05) is 18.5 Å². The second-order valence-corrected chi connectivity index (χ2v) is 5.82. The highest BCUT2D eigenvalue weighted by molar-refractivity contribution is 5.87. The minimum absolute atomic E-state index is 0.135. The minimum atomic E-state index is -0.500. The number of carbonyl (C=O) groups excluding carboxylic acids is 2. The van der Waals surface area contributed by atoms with E-state index in [-0.39, 0.29) is 17.4 Å². The first kappa shape index (κ1) is 15.0. The van der Waals surface area contributed by atoms with Crippen molar-refractivity contribution in [2.45, 2.75) is 58.0 Å². The SMILES string of the molecule is CC(C)CNC(=O)C(C)NC(=O)CC1(N)CCC1. The fourth-order valence-corrected chi connectivity index (χ4v) is 1.94. The zero-order valence-electron chi connectivity index (χ0n) is 11.6. The first-order valence-electron chi connectivity index (χ1n) is 6.68. The van der Waals surface area contributed by atoms with Crippen molar-refractivity contribution in [1.82, 2.24) is 10.6 Å². The van der Waals surface area contributed by atoms with Gasteiger partial charge in [-0.05, 0) is 32.1 Å². The molecule has 104 valence electrons. The molecule has 5 heteroatoms. The number of carbonyl (C=O) groups is 2. The standard InChI is InChI=1S/C13H25N3O2/c1-9(2)8-15-12(18)10(3)16-11(17)7-13(14)5-4-6-13/h9-10H,4-8,14H2,1-3H3,(H,15,18)(H,16,17). The van der Waals surface area contributed by atoms with Crippen LogP contribution in [-0.2, 0) is 9.59 Å². The number of rotatable bonds is 6. The maximum Gasteiger partial charge on any atom is 0.242 e. The molecule has 0 aromatic rings. The summed E-state index contributed by atoms with van der Waals surface area (Å²) in [6.07, 6.45) is 3.20. The van der Waals surface area contributed by atoms with Crippen molar-refractivity contribution in [1.29, 1.82) is 0 Å². The second-order valence-electron chi connectivity index (χ2n) is 5.82. The van der Waals surface area contributed by atoms with Crippen LogP contribution in [0.25, 0.3) is 0 Å². The third-order valence-electron chi connectivity index (χ3n) is 3.32. The summed E-state index contributed by atoms with van der Waals surface area (Å²) in [7, 11) is 0. The molecular weight excluding hydrogens is 230 g/mol. The fourth-order valence-electron chi connectivity index (χ4n) is 1.94. The third kappa shape index (κ3) is 4.64. The molecule has 1 rings (SSSR count). The van der Waals surface area contributed by atoms with E-state index in [1.807, 2.05) is 13.8 Å². The summed E-state index contributed by atoms with van der Waals surface area (Å²) in [6.45, 7) is 6.37. The van der Waals surface area contributed by atoms with Crippen LogP contribution in [0.15, 0.2) is 0 Å². The van der Waals surface area contributed by atoms with Gasteiger partial charge in [0.25, 0.3) is 0 Å². The molecule has 0 saturated heterocycles. The van der Waals surface area contributed by atoms with E-state index in [2.05, 4.69) is 10.6 Å². The lowest BCUT2D eigenvalue weighted by atomic mass is 9.75. The molecule has 0 aromatic carbocycles. The smallest absolute Gasteiger partial charge is 0.242 e. The highest BCUT2D eigenvalue weighted by atomic mass is 16.2. The number of nitrogens with one attached hydrogen (secondary N) is 2. The lowest BCUT2D eigenvalue weighted by molar-refractivity contribution is -0.129. The third-order valence-corrected chi connectivity index (χ3v) is 3.32. The van der Waals surface area contributed by atoms with Gasteiger partial charge >= 0.3 is 0 Å². The van der Waals surface area contributed by atoms with Crippen molar-refractivity contribution in [3.8, 4) is 0 Å². The number of nitrogens with two attached hydrogens (primary N) is 1. The molecule has 1 aliphatic carbocycles. The molecule has 5 nitrogen and oxygen atoms in total. The Bertz CT molecular complexity index is 311. The average Bonchev–Trinajstić information content (AvgIpc) is 2.23. The van der Waals surface area contributed by atoms with E-state index >= 15 is 0 Å². The maximum atomic E-state index is 11.7. The average molecular weight is 255 g/mol. The van der Waals surface area contributed by atoms with Crippen molar-refractivity contribution >= 4 is 11.8 Å². The van der Waals surface area contributed by atoms with E-state index in [1.54, 1.807) is 6.92 Å². The molecule has 0 bridgehead atoms. The molecule has 4 N–H and O–H groups in total. The van der Waals surface area contributed by atoms with Gasteiger partial charge < -0.3 is 16.4 Å². The molecule has 18 heavy (non-hydrogen) atoms. The molecule has 0 heterocycles. The Balaban J connectivity index is 2.27. The van der Waals surface area contributed by atoms with Crippen molar-refractivity contribution in [3.05, 3.63) is 0 Å².